The third-order valence-electron chi connectivity index (χ3n) is 3.48. The number of hydrogen-bond donors (Lipinski definition) is 1. The lowest BCUT2D eigenvalue weighted by atomic mass is 9.78. The van der Waals surface area contributed by atoms with E-state index in [1.165, 1.54) is 30.7 Å². The second kappa shape index (κ2) is 5.08. The van der Waals surface area contributed by atoms with Gasteiger partial charge in [0.25, 0.3) is 0 Å². The average Bonchev–Trinajstić information content (AvgIpc) is 2.70. The molecule has 0 radical (unpaired) electrons. The Morgan fingerprint density at radius 1 is 1.60 bits per heavy atom. The summed E-state index contributed by atoms with van der Waals surface area (Å²) in [6.07, 6.45) is 8.21. The Kier molecular flexibility index (Phi) is 3.76. The molecule has 2 N–H and O–H groups in total. The highest BCUT2D eigenvalue weighted by atomic mass is 32.1. The molecule has 1 saturated carbocycles. The third-order valence-corrected chi connectivity index (χ3v) is 4.28. The first-order chi connectivity index (χ1) is 7.25. The van der Waals surface area contributed by atoms with Crippen LogP contribution in [0.2, 0.25) is 0 Å². The van der Waals surface area contributed by atoms with Gasteiger partial charge in [-0.15, -0.1) is 11.3 Å². The van der Waals surface area contributed by atoms with Crippen LogP contribution in [0.5, 0.6) is 0 Å². The van der Waals surface area contributed by atoms with E-state index in [2.05, 4.69) is 11.9 Å². The second-order valence-electron chi connectivity index (χ2n) is 4.83. The van der Waals surface area contributed by atoms with Crippen LogP contribution in [-0.2, 0) is 6.42 Å². The fraction of sp³-hybridized carbons (Fsp3) is 0.750. The van der Waals surface area contributed by atoms with Gasteiger partial charge in [-0.25, -0.2) is 4.98 Å². The molecule has 0 amide bonds. The van der Waals surface area contributed by atoms with E-state index in [9.17, 15) is 0 Å². The number of rotatable bonds is 3. The van der Waals surface area contributed by atoms with Crippen molar-refractivity contribution in [3.63, 3.8) is 0 Å². The van der Waals surface area contributed by atoms with E-state index in [1.54, 1.807) is 11.3 Å². The zero-order chi connectivity index (χ0) is 10.7. The first-order valence-corrected chi connectivity index (χ1v) is 6.77. The summed E-state index contributed by atoms with van der Waals surface area (Å²) < 4.78 is 0. The van der Waals surface area contributed by atoms with Gasteiger partial charge in [-0.3, -0.25) is 0 Å². The van der Waals surface area contributed by atoms with Crippen molar-refractivity contribution in [2.75, 3.05) is 0 Å². The summed E-state index contributed by atoms with van der Waals surface area (Å²) in [5.74, 6) is 1.59. The highest BCUT2D eigenvalue weighted by Crippen LogP contribution is 2.31. The smallest absolute Gasteiger partial charge is 0.0940 e. The molecule has 1 heterocycles. The normalized spacial score (nSPS) is 28.9. The van der Waals surface area contributed by atoms with Crippen molar-refractivity contribution in [3.05, 3.63) is 16.6 Å². The largest absolute Gasteiger partial charge is 0.327 e. The minimum absolute atomic E-state index is 0.318. The summed E-state index contributed by atoms with van der Waals surface area (Å²) in [6, 6.07) is 0.318. The highest BCUT2D eigenvalue weighted by molar-refractivity contribution is 7.09. The van der Waals surface area contributed by atoms with Gasteiger partial charge in [-0.2, -0.15) is 0 Å². The van der Waals surface area contributed by atoms with Crippen molar-refractivity contribution < 1.29 is 0 Å². The monoisotopic (exact) mass is 224 g/mol. The number of nitrogens with zero attached hydrogens (tertiary/aromatic N) is 1. The molecule has 2 nitrogen and oxygen atoms in total. The van der Waals surface area contributed by atoms with Gasteiger partial charge in [-0.05, 0) is 24.7 Å². The standard InChI is InChI=1S/C12H20N2S/c1-9-3-2-4-10(7-9)11(13)8-12-14-5-6-15-12/h5-6,9-11H,2-4,7-8,13H2,1H3. The van der Waals surface area contributed by atoms with Gasteiger partial charge in [0.2, 0.25) is 0 Å². The molecule has 3 heteroatoms. The van der Waals surface area contributed by atoms with Crippen molar-refractivity contribution in [1.29, 1.82) is 0 Å². The van der Waals surface area contributed by atoms with E-state index in [4.69, 9.17) is 5.73 Å². The van der Waals surface area contributed by atoms with Gasteiger partial charge >= 0.3 is 0 Å². The number of thiazole rings is 1. The molecular formula is C12H20N2S. The Balaban J connectivity index is 1.87. The first kappa shape index (κ1) is 11.1. The fourth-order valence-corrected chi connectivity index (χ4v) is 3.28. The maximum atomic E-state index is 6.27. The van der Waals surface area contributed by atoms with Gasteiger partial charge in [0, 0.05) is 24.0 Å². The number of hydrogen-bond acceptors (Lipinski definition) is 3. The van der Waals surface area contributed by atoms with Crippen LogP contribution in [0, 0.1) is 11.8 Å². The van der Waals surface area contributed by atoms with Gasteiger partial charge in [0.05, 0.1) is 5.01 Å². The maximum Gasteiger partial charge on any atom is 0.0940 e. The van der Waals surface area contributed by atoms with Gasteiger partial charge in [0.1, 0.15) is 0 Å². The molecule has 0 aliphatic heterocycles. The van der Waals surface area contributed by atoms with Crippen LogP contribution in [0.1, 0.15) is 37.6 Å². The van der Waals surface area contributed by atoms with Crippen molar-refractivity contribution in [1.82, 2.24) is 4.98 Å². The molecule has 0 bridgehead atoms. The maximum absolute atomic E-state index is 6.27. The van der Waals surface area contributed by atoms with E-state index < -0.39 is 0 Å². The predicted molar refractivity (Wildman–Crippen MR) is 64.9 cm³/mol. The quantitative estimate of drug-likeness (QED) is 0.857. The van der Waals surface area contributed by atoms with Crippen LogP contribution >= 0.6 is 11.3 Å². The first-order valence-electron chi connectivity index (χ1n) is 5.89. The van der Waals surface area contributed by atoms with E-state index in [0.29, 0.717) is 6.04 Å². The molecule has 1 aliphatic carbocycles. The van der Waals surface area contributed by atoms with Gasteiger partial charge in [-0.1, -0.05) is 19.8 Å². The van der Waals surface area contributed by atoms with Crippen LogP contribution in [-0.4, -0.2) is 11.0 Å². The van der Waals surface area contributed by atoms with E-state index in [0.717, 1.165) is 18.3 Å². The predicted octanol–water partition coefficient (Wildman–Crippen LogP) is 2.84. The Morgan fingerprint density at radius 2 is 2.47 bits per heavy atom. The summed E-state index contributed by atoms with van der Waals surface area (Å²) in [4.78, 5) is 4.31. The molecule has 2 rings (SSSR count). The van der Waals surface area contributed by atoms with Crippen LogP contribution in [0.25, 0.3) is 0 Å². The van der Waals surface area contributed by atoms with Crippen molar-refractivity contribution in [2.45, 2.75) is 45.1 Å². The van der Waals surface area contributed by atoms with E-state index in [1.807, 2.05) is 11.6 Å². The number of aromatic nitrogens is 1. The van der Waals surface area contributed by atoms with E-state index >= 15 is 0 Å². The Morgan fingerprint density at radius 3 is 3.13 bits per heavy atom. The van der Waals surface area contributed by atoms with Gasteiger partial charge in [0.15, 0.2) is 0 Å². The summed E-state index contributed by atoms with van der Waals surface area (Å²) in [6.45, 7) is 2.35. The van der Waals surface area contributed by atoms with Crippen LogP contribution < -0.4 is 5.73 Å². The lowest BCUT2D eigenvalue weighted by Crippen LogP contribution is -2.35. The molecule has 0 spiro atoms. The molecule has 1 aliphatic rings. The summed E-state index contributed by atoms with van der Waals surface area (Å²) in [5.41, 5.74) is 6.27. The molecule has 1 aromatic rings. The van der Waals surface area contributed by atoms with Crippen molar-refractivity contribution >= 4 is 11.3 Å². The number of nitrogens with two attached hydrogens (primary N) is 1. The second-order valence-corrected chi connectivity index (χ2v) is 5.80. The molecule has 1 aromatic heterocycles. The topological polar surface area (TPSA) is 38.9 Å². The van der Waals surface area contributed by atoms with Crippen LogP contribution in [0.15, 0.2) is 11.6 Å². The van der Waals surface area contributed by atoms with Crippen molar-refractivity contribution in [2.24, 2.45) is 17.6 Å². The molecule has 1 fully saturated rings. The zero-order valence-corrected chi connectivity index (χ0v) is 10.2. The molecule has 84 valence electrons. The van der Waals surface area contributed by atoms with Crippen LogP contribution in [0.3, 0.4) is 0 Å². The van der Waals surface area contributed by atoms with Crippen LogP contribution in [0.4, 0.5) is 0 Å². The van der Waals surface area contributed by atoms with E-state index in [-0.39, 0.29) is 0 Å². The Labute approximate surface area is 95.9 Å². The lowest BCUT2D eigenvalue weighted by molar-refractivity contribution is 0.245. The van der Waals surface area contributed by atoms with Gasteiger partial charge < -0.3 is 5.73 Å². The molecule has 0 aromatic carbocycles. The van der Waals surface area contributed by atoms with Crippen molar-refractivity contribution in [3.8, 4) is 0 Å². The summed E-state index contributed by atoms with van der Waals surface area (Å²) >= 11 is 1.72. The zero-order valence-electron chi connectivity index (χ0n) is 9.36. The summed E-state index contributed by atoms with van der Waals surface area (Å²) in [5, 5.41) is 3.23. The third kappa shape index (κ3) is 3.02. The molecular weight excluding hydrogens is 204 g/mol. The molecule has 15 heavy (non-hydrogen) atoms. The average molecular weight is 224 g/mol. The minimum Gasteiger partial charge on any atom is -0.327 e. The molecule has 3 atom stereocenters. The Hall–Kier alpha value is -0.410. The molecule has 0 saturated heterocycles. The summed E-state index contributed by atoms with van der Waals surface area (Å²) in [7, 11) is 0. The lowest BCUT2D eigenvalue weighted by Gasteiger charge is -2.30. The molecule has 3 unspecified atom stereocenters. The minimum atomic E-state index is 0.318. The highest BCUT2D eigenvalue weighted by Gasteiger charge is 2.24. The SMILES string of the molecule is CC1CCCC(C(N)Cc2nccs2)C1. The Bertz CT molecular complexity index is 284. The fourth-order valence-electron chi connectivity index (χ4n) is 2.59.